The lowest BCUT2D eigenvalue weighted by Gasteiger charge is -2.04. The average molecular weight is 244 g/mol. The van der Waals surface area contributed by atoms with Gasteiger partial charge in [-0.05, 0) is 19.1 Å². The number of carboxylic acid groups (broad SMARTS) is 1. The number of Topliss-reactive ketones (excluding diaryl/α,β-unsaturated/α-hetero) is 1. The van der Waals surface area contributed by atoms with Gasteiger partial charge in [0, 0.05) is 0 Å². The van der Waals surface area contributed by atoms with E-state index in [4.69, 9.17) is 5.11 Å². The lowest BCUT2D eigenvalue weighted by molar-refractivity contribution is -0.135. The third-order valence-electron chi connectivity index (χ3n) is 2.62. The quantitative estimate of drug-likeness (QED) is 0.658. The molecule has 5 nitrogen and oxygen atoms in total. The fourth-order valence-electron chi connectivity index (χ4n) is 1.75. The molecule has 0 saturated heterocycles. The van der Waals surface area contributed by atoms with Gasteiger partial charge in [0.15, 0.2) is 5.78 Å². The number of carboxylic acids is 1. The van der Waals surface area contributed by atoms with Crippen LogP contribution in [0.4, 0.5) is 0 Å². The number of ketones is 1. The SMILES string of the molecule is Cc1c(C(=O)CC(=O)O)cnn1-c1ccccc1. The van der Waals surface area contributed by atoms with Gasteiger partial charge in [-0.25, -0.2) is 4.68 Å². The van der Waals surface area contributed by atoms with E-state index < -0.39 is 18.2 Å². The van der Waals surface area contributed by atoms with Gasteiger partial charge < -0.3 is 5.11 Å². The highest BCUT2D eigenvalue weighted by atomic mass is 16.4. The molecule has 18 heavy (non-hydrogen) atoms. The number of hydrogen-bond donors (Lipinski definition) is 1. The van der Waals surface area contributed by atoms with Crippen molar-refractivity contribution in [2.24, 2.45) is 0 Å². The zero-order valence-electron chi connectivity index (χ0n) is 9.83. The van der Waals surface area contributed by atoms with E-state index in [1.54, 1.807) is 11.6 Å². The molecule has 1 heterocycles. The van der Waals surface area contributed by atoms with E-state index >= 15 is 0 Å². The second-order valence-electron chi connectivity index (χ2n) is 3.88. The smallest absolute Gasteiger partial charge is 0.311 e. The van der Waals surface area contributed by atoms with Crippen molar-refractivity contribution in [2.75, 3.05) is 0 Å². The molecule has 1 aromatic carbocycles. The third-order valence-corrected chi connectivity index (χ3v) is 2.62. The monoisotopic (exact) mass is 244 g/mol. The van der Waals surface area contributed by atoms with E-state index in [9.17, 15) is 9.59 Å². The molecule has 0 aliphatic rings. The molecule has 1 N–H and O–H groups in total. The lowest BCUT2D eigenvalue weighted by atomic mass is 10.1. The molecule has 0 spiro atoms. The highest BCUT2D eigenvalue weighted by molar-refractivity contribution is 6.06. The summed E-state index contributed by atoms with van der Waals surface area (Å²) >= 11 is 0. The maximum atomic E-state index is 11.7. The van der Waals surface area contributed by atoms with Crippen molar-refractivity contribution in [3.05, 3.63) is 47.8 Å². The first-order valence-corrected chi connectivity index (χ1v) is 5.44. The van der Waals surface area contributed by atoms with Gasteiger partial charge in [-0.15, -0.1) is 0 Å². The maximum absolute atomic E-state index is 11.7. The van der Waals surface area contributed by atoms with Gasteiger partial charge in [0.1, 0.15) is 6.42 Å². The minimum Gasteiger partial charge on any atom is -0.481 e. The second-order valence-corrected chi connectivity index (χ2v) is 3.88. The first-order chi connectivity index (χ1) is 8.59. The predicted molar refractivity (Wildman–Crippen MR) is 64.9 cm³/mol. The summed E-state index contributed by atoms with van der Waals surface area (Å²) in [6.07, 6.45) is 0.898. The van der Waals surface area contributed by atoms with Crippen molar-refractivity contribution in [1.82, 2.24) is 9.78 Å². The van der Waals surface area contributed by atoms with E-state index in [0.717, 1.165) is 5.69 Å². The summed E-state index contributed by atoms with van der Waals surface area (Å²) in [5.74, 6) is -1.56. The molecular formula is C13H12N2O3. The Labute approximate surface area is 104 Å². The Morgan fingerprint density at radius 3 is 2.56 bits per heavy atom. The van der Waals surface area contributed by atoms with Crippen LogP contribution in [0.2, 0.25) is 0 Å². The number of rotatable bonds is 4. The van der Waals surface area contributed by atoms with Crippen LogP contribution >= 0.6 is 0 Å². The van der Waals surface area contributed by atoms with Crippen LogP contribution in [-0.2, 0) is 4.79 Å². The van der Waals surface area contributed by atoms with Crippen LogP contribution in [0, 0.1) is 6.92 Å². The van der Waals surface area contributed by atoms with Gasteiger partial charge in [0.2, 0.25) is 0 Å². The van der Waals surface area contributed by atoms with Crippen molar-refractivity contribution >= 4 is 11.8 Å². The summed E-state index contributed by atoms with van der Waals surface area (Å²) in [6, 6.07) is 9.36. The van der Waals surface area contributed by atoms with Gasteiger partial charge in [-0.2, -0.15) is 5.10 Å². The summed E-state index contributed by atoms with van der Waals surface area (Å²) in [7, 11) is 0. The number of hydrogen-bond acceptors (Lipinski definition) is 3. The van der Waals surface area contributed by atoms with Crippen molar-refractivity contribution in [3.8, 4) is 5.69 Å². The molecule has 0 radical (unpaired) electrons. The predicted octanol–water partition coefficient (Wildman–Crippen LogP) is 1.84. The fraction of sp³-hybridized carbons (Fsp3) is 0.154. The number of carbonyl (C=O) groups excluding carboxylic acids is 1. The molecule has 0 aliphatic carbocycles. The van der Waals surface area contributed by atoms with Gasteiger partial charge in [-0.1, -0.05) is 18.2 Å². The Morgan fingerprint density at radius 1 is 1.28 bits per heavy atom. The molecule has 0 aliphatic heterocycles. The molecule has 0 unspecified atom stereocenters. The van der Waals surface area contributed by atoms with E-state index in [-0.39, 0.29) is 0 Å². The minimum absolute atomic E-state index is 0.348. The summed E-state index contributed by atoms with van der Waals surface area (Å²) < 4.78 is 1.62. The van der Waals surface area contributed by atoms with Crippen molar-refractivity contribution in [2.45, 2.75) is 13.3 Å². The number of benzene rings is 1. The van der Waals surface area contributed by atoms with Crippen molar-refractivity contribution in [1.29, 1.82) is 0 Å². The van der Waals surface area contributed by atoms with Crippen LogP contribution in [0.3, 0.4) is 0 Å². The molecule has 92 valence electrons. The molecule has 0 saturated carbocycles. The van der Waals surface area contributed by atoms with Crippen LogP contribution in [0.15, 0.2) is 36.5 Å². The Hall–Kier alpha value is -2.43. The van der Waals surface area contributed by atoms with Gasteiger partial charge in [0.25, 0.3) is 0 Å². The molecule has 2 rings (SSSR count). The summed E-state index contributed by atoms with van der Waals surface area (Å²) in [4.78, 5) is 22.2. The normalized spacial score (nSPS) is 10.3. The Bertz CT molecular complexity index is 588. The van der Waals surface area contributed by atoms with Crippen LogP contribution in [0.5, 0.6) is 0 Å². The van der Waals surface area contributed by atoms with Crippen LogP contribution < -0.4 is 0 Å². The molecule has 2 aromatic rings. The molecule has 0 amide bonds. The molecule has 0 bridgehead atoms. The maximum Gasteiger partial charge on any atom is 0.311 e. The highest BCUT2D eigenvalue weighted by Crippen LogP contribution is 2.15. The van der Waals surface area contributed by atoms with Crippen molar-refractivity contribution in [3.63, 3.8) is 0 Å². The number of aromatic nitrogens is 2. The van der Waals surface area contributed by atoms with E-state index in [2.05, 4.69) is 5.10 Å². The second kappa shape index (κ2) is 4.83. The van der Waals surface area contributed by atoms with E-state index in [1.165, 1.54) is 6.20 Å². The summed E-state index contributed by atoms with van der Waals surface area (Å²) in [6.45, 7) is 1.75. The average Bonchev–Trinajstić information content (AvgIpc) is 2.71. The number of carbonyl (C=O) groups is 2. The zero-order valence-corrected chi connectivity index (χ0v) is 9.83. The third kappa shape index (κ3) is 2.29. The zero-order chi connectivity index (χ0) is 13.1. The molecule has 1 aromatic heterocycles. The van der Waals surface area contributed by atoms with Crippen LogP contribution in [-0.4, -0.2) is 26.6 Å². The summed E-state index contributed by atoms with van der Waals surface area (Å²) in [5, 5.41) is 12.7. The van der Waals surface area contributed by atoms with Gasteiger partial charge in [0.05, 0.1) is 23.1 Å². The van der Waals surface area contributed by atoms with Gasteiger partial charge >= 0.3 is 5.97 Å². The van der Waals surface area contributed by atoms with E-state index in [1.807, 2.05) is 30.3 Å². The molecule has 0 fully saturated rings. The Balaban J connectivity index is 2.35. The first kappa shape index (κ1) is 12.0. The Kier molecular flexibility index (Phi) is 3.23. The van der Waals surface area contributed by atoms with Crippen molar-refractivity contribution < 1.29 is 14.7 Å². The minimum atomic E-state index is -1.13. The summed E-state index contributed by atoms with van der Waals surface area (Å²) in [5.41, 5.74) is 1.83. The van der Waals surface area contributed by atoms with E-state index in [0.29, 0.717) is 11.3 Å². The van der Waals surface area contributed by atoms with Gasteiger partial charge in [-0.3, -0.25) is 9.59 Å². The number of aliphatic carboxylic acids is 1. The Morgan fingerprint density at radius 2 is 1.94 bits per heavy atom. The fourth-order valence-corrected chi connectivity index (χ4v) is 1.75. The standard InChI is InChI=1S/C13H12N2O3/c1-9-11(12(16)7-13(17)18)8-14-15(9)10-5-3-2-4-6-10/h2-6,8H,7H2,1H3,(H,17,18). The lowest BCUT2D eigenvalue weighted by Crippen LogP contribution is -2.08. The highest BCUT2D eigenvalue weighted by Gasteiger charge is 2.17. The number of nitrogens with zero attached hydrogens (tertiary/aromatic N) is 2. The van der Waals surface area contributed by atoms with Crippen LogP contribution in [0.1, 0.15) is 22.5 Å². The molecule has 0 atom stereocenters. The number of para-hydroxylation sites is 1. The first-order valence-electron chi connectivity index (χ1n) is 5.44. The molecular weight excluding hydrogens is 232 g/mol. The largest absolute Gasteiger partial charge is 0.481 e. The molecule has 5 heteroatoms. The van der Waals surface area contributed by atoms with Crippen LogP contribution in [0.25, 0.3) is 5.69 Å². The topological polar surface area (TPSA) is 72.2 Å².